The highest BCUT2D eigenvalue weighted by atomic mass is 32.1. The van der Waals surface area contributed by atoms with Crippen molar-refractivity contribution in [1.82, 2.24) is 9.80 Å². The van der Waals surface area contributed by atoms with Gasteiger partial charge in [0, 0.05) is 23.9 Å². The minimum absolute atomic E-state index is 0.0441. The summed E-state index contributed by atoms with van der Waals surface area (Å²) in [6.45, 7) is 3.46. The van der Waals surface area contributed by atoms with Crippen LogP contribution in [0.15, 0.2) is 47.8 Å². The van der Waals surface area contributed by atoms with Crippen LogP contribution in [-0.4, -0.2) is 34.2 Å². The fourth-order valence-electron chi connectivity index (χ4n) is 4.16. The van der Waals surface area contributed by atoms with Gasteiger partial charge in [-0.05, 0) is 36.3 Å². The molecule has 30 heavy (non-hydrogen) atoms. The zero-order chi connectivity index (χ0) is 21.2. The Kier molecular flexibility index (Phi) is 8.94. The SMILES string of the molecule is CCCCC(=O)N(CC(=O)N(Cc1ccccc1)Cc1cccs1)C1CCCCC1. The van der Waals surface area contributed by atoms with Crippen LogP contribution in [-0.2, 0) is 22.7 Å². The van der Waals surface area contributed by atoms with E-state index in [4.69, 9.17) is 0 Å². The molecule has 3 rings (SSSR count). The van der Waals surface area contributed by atoms with Gasteiger partial charge in [0.1, 0.15) is 6.54 Å². The largest absolute Gasteiger partial charge is 0.332 e. The monoisotopic (exact) mass is 426 g/mol. The zero-order valence-corrected chi connectivity index (χ0v) is 18.9. The Morgan fingerprint density at radius 2 is 1.73 bits per heavy atom. The second kappa shape index (κ2) is 11.9. The molecule has 0 N–H and O–H groups in total. The van der Waals surface area contributed by atoms with Crippen molar-refractivity contribution < 1.29 is 9.59 Å². The van der Waals surface area contributed by atoms with Gasteiger partial charge in [0.15, 0.2) is 0 Å². The lowest BCUT2D eigenvalue weighted by Crippen LogP contribution is -2.47. The van der Waals surface area contributed by atoms with E-state index in [2.05, 4.69) is 25.1 Å². The van der Waals surface area contributed by atoms with Crippen LogP contribution in [0.1, 0.15) is 68.7 Å². The zero-order valence-electron chi connectivity index (χ0n) is 18.1. The Hall–Kier alpha value is -2.14. The summed E-state index contributed by atoms with van der Waals surface area (Å²) in [5.74, 6) is 0.190. The molecule has 1 fully saturated rings. The van der Waals surface area contributed by atoms with Gasteiger partial charge >= 0.3 is 0 Å². The Morgan fingerprint density at radius 3 is 2.40 bits per heavy atom. The van der Waals surface area contributed by atoms with Crippen LogP contribution in [0.4, 0.5) is 0 Å². The van der Waals surface area contributed by atoms with Crippen molar-refractivity contribution in [1.29, 1.82) is 0 Å². The summed E-state index contributed by atoms with van der Waals surface area (Å²) in [6.07, 6.45) is 8.02. The number of hydrogen-bond acceptors (Lipinski definition) is 3. The van der Waals surface area contributed by atoms with Crippen LogP contribution in [0, 0.1) is 0 Å². The van der Waals surface area contributed by atoms with Crippen LogP contribution in [0.5, 0.6) is 0 Å². The predicted molar refractivity (Wildman–Crippen MR) is 123 cm³/mol. The normalized spacial score (nSPS) is 14.4. The number of unbranched alkanes of at least 4 members (excludes halogenated alkanes) is 1. The van der Waals surface area contributed by atoms with E-state index in [1.165, 1.54) is 11.3 Å². The second-order valence-electron chi connectivity index (χ2n) is 8.23. The molecule has 1 aliphatic carbocycles. The predicted octanol–water partition coefficient (Wildman–Crippen LogP) is 5.63. The van der Waals surface area contributed by atoms with Crippen molar-refractivity contribution in [3.63, 3.8) is 0 Å². The van der Waals surface area contributed by atoms with E-state index >= 15 is 0 Å². The van der Waals surface area contributed by atoms with Gasteiger partial charge in [-0.2, -0.15) is 0 Å². The number of hydrogen-bond donors (Lipinski definition) is 0. The molecule has 4 nitrogen and oxygen atoms in total. The average molecular weight is 427 g/mol. The van der Waals surface area contributed by atoms with E-state index in [-0.39, 0.29) is 24.4 Å². The first-order valence-electron chi connectivity index (χ1n) is 11.3. The molecule has 0 spiro atoms. The third-order valence-electron chi connectivity index (χ3n) is 5.88. The van der Waals surface area contributed by atoms with Crippen LogP contribution in [0.25, 0.3) is 0 Å². The number of carbonyl (C=O) groups is 2. The molecule has 2 aromatic rings. The molecule has 0 atom stereocenters. The van der Waals surface area contributed by atoms with E-state index < -0.39 is 0 Å². The smallest absolute Gasteiger partial charge is 0.242 e. The summed E-state index contributed by atoms with van der Waals surface area (Å²) in [4.78, 5) is 31.4. The molecule has 162 valence electrons. The molecular weight excluding hydrogens is 392 g/mol. The van der Waals surface area contributed by atoms with E-state index in [0.717, 1.165) is 44.1 Å². The lowest BCUT2D eigenvalue weighted by molar-refractivity contribution is -0.143. The fraction of sp³-hybridized carbons (Fsp3) is 0.520. The molecule has 1 aromatic heterocycles. The molecule has 2 amide bonds. The van der Waals surface area contributed by atoms with Crippen molar-refractivity contribution in [2.45, 2.75) is 77.4 Å². The van der Waals surface area contributed by atoms with Crippen molar-refractivity contribution in [3.8, 4) is 0 Å². The van der Waals surface area contributed by atoms with Crippen molar-refractivity contribution >= 4 is 23.2 Å². The highest BCUT2D eigenvalue weighted by Crippen LogP contribution is 2.24. The highest BCUT2D eigenvalue weighted by Gasteiger charge is 2.28. The first kappa shape index (κ1) is 22.5. The standard InChI is InChI=1S/C25H34N2O2S/c1-2-3-16-24(28)27(22-13-8-5-9-14-22)20-25(29)26(19-23-15-10-17-30-23)18-21-11-6-4-7-12-21/h4,6-7,10-12,15,17,22H,2-3,5,8-9,13-14,16,18-20H2,1H3. The van der Waals surface area contributed by atoms with E-state index in [0.29, 0.717) is 19.5 Å². The molecule has 1 aliphatic rings. The molecule has 0 saturated heterocycles. The lowest BCUT2D eigenvalue weighted by Gasteiger charge is -2.35. The van der Waals surface area contributed by atoms with Gasteiger partial charge in [0.2, 0.25) is 11.8 Å². The van der Waals surface area contributed by atoms with Gasteiger partial charge in [-0.25, -0.2) is 0 Å². The van der Waals surface area contributed by atoms with Gasteiger partial charge in [-0.3, -0.25) is 9.59 Å². The van der Waals surface area contributed by atoms with Gasteiger partial charge in [-0.15, -0.1) is 11.3 Å². The maximum absolute atomic E-state index is 13.4. The molecule has 0 unspecified atom stereocenters. The molecule has 5 heteroatoms. The fourth-order valence-corrected chi connectivity index (χ4v) is 4.88. The number of thiophene rings is 1. The molecular formula is C25H34N2O2S. The molecule has 1 saturated carbocycles. The van der Waals surface area contributed by atoms with Crippen LogP contribution >= 0.6 is 11.3 Å². The maximum atomic E-state index is 13.4. The van der Waals surface area contributed by atoms with E-state index in [9.17, 15) is 9.59 Å². The number of nitrogens with zero attached hydrogens (tertiary/aromatic N) is 2. The summed E-state index contributed by atoms with van der Waals surface area (Å²) < 4.78 is 0. The number of carbonyl (C=O) groups excluding carboxylic acids is 2. The number of rotatable bonds is 10. The van der Waals surface area contributed by atoms with Crippen molar-refractivity contribution in [2.24, 2.45) is 0 Å². The molecule has 1 heterocycles. The summed E-state index contributed by atoms with van der Waals surface area (Å²) in [5.41, 5.74) is 1.11. The van der Waals surface area contributed by atoms with E-state index in [1.54, 1.807) is 11.3 Å². The van der Waals surface area contributed by atoms with Gasteiger partial charge < -0.3 is 9.80 Å². The maximum Gasteiger partial charge on any atom is 0.242 e. The first-order chi connectivity index (χ1) is 14.7. The lowest BCUT2D eigenvalue weighted by atomic mass is 9.93. The minimum atomic E-state index is 0.0441. The van der Waals surface area contributed by atoms with E-state index in [1.807, 2.05) is 39.4 Å². The third kappa shape index (κ3) is 6.69. The van der Waals surface area contributed by atoms with Gasteiger partial charge in [0.05, 0.1) is 6.54 Å². The minimum Gasteiger partial charge on any atom is -0.332 e. The van der Waals surface area contributed by atoms with Crippen LogP contribution in [0.3, 0.4) is 0 Å². The summed E-state index contributed by atoms with van der Waals surface area (Å²) >= 11 is 1.67. The highest BCUT2D eigenvalue weighted by molar-refractivity contribution is 7.09. The quantitative estimate of drug-likeness (QED) is 0.494. The Balaban J connectivity index is 1.74. The van der Waals surface area contributed by atoms with Crippen molar-refractivity contribution in [2.75, 3.05) is 6.54 Å². The third-order valence-corrected chi connectivity index (χ3v) is 6.74. The Labute approximate surface area is 184 Å². The molecule has 0 aliphatic heterocycles. The van der Waals surface area contributed by atoms with Gasteiger partial charge in [0.25, 0.3) is 0 Å². The van der Waals surface area contributed by atoms with Crippen LogP contribution < -0.4 is 0 Å². The molecule has 1 aromatic carbocycles. The summed E-state index contributed by atoms with van der Waals surface area (Å²) in [5, 5.41) is 2.04. The van der Waals surface area contributed by atoms with Crippen molar-refractivity contribution in [3.05, 3.63) is 58.3 Å². The molecule has 0 bridgehead atoms. The number of amides is 2. The topological polar surface area (TPSA) is 40.6 Å². The number of benzene rings is 1. The summed E-state index contributed by atoms with van der Waals surface area (Å²) in [6, 6.07) is 14.4. The first-order valence-corrected chi connectivity index (χ1v) is 12.2. The van der Waals surface area contributed by atoms with Crippen LogP contribution in [0.2, 0.25) is 0 Å². The van der Waals surface area contributed by atoms with Gasteiger partial charge in [-0.1, -0.05) is 69.0 Å². The Bertz CT molecular complexity index is 770. The second-order valence-corrected chi connectivity index (χ2v) is 9.26. The molecule has 0 radical (unpaired) electrons. The average Bonchev–Trinajstić information content (AvgIpc) is 3.29. The summed E-state index contributed by atoms with van der Waals surface area (Å²) in [7, 11) is 0. The Morgan fingerprint density at radius 1 is 0.967 bits per heavy atom.